The molecule has 69 heavy (non-hydrogen) atoms. The number of furan rings is 1. The minimum atomic E-state index is -0.540. The summed E-state index contributed by atoms with van der Waals surface area (Å²) in [5.41, 5.74) is 22.4. The average molecular weight is 888 g/mol. The van der Waals surface area contributed by atoms with Crippen molar-refractivity contribution in [1.29, 1.82) is 0 Å². The summed E-state index contributed by atoms with van der Waals surface area (Å²) in [4.78, 5) is 2.49. The Morgan fingerprint density at radius 1 is 0.362 bits per heavy atom. The van der Waals surface area contributed by atoms with E-state index in [1.165, 1.54) is 77.5 Å². The summed E-state index contributed by atoms with van der Waals surface area (Å²) in [7, 11) is 0. The van der Waals surface area contributed by atoms with E-state index in [0.717, 1.165) is 50.1 Å². The fraction of sp³-hybridized carbons (Fsp3) is 0.134. The van der Waals surface area contributed by atoms with Crippen LogP contribution in [0.2, 0.25) is 0 Å². The third kappa shape index (κ3) is 6.24. The van der Waals surface area contributed by atoms with E-state index < -0.39 is 5.41 Å². The van der Waals surface area contributed by atoms with E-state index in [9.17, 15) is 0 Å². The van der Waals surface area contributed by atoms with Crippen LogP contribution in [0.15, 0.2) is 217 Å². The molecule has 1 spiro atoms. The van der Waals surface area contributed by atoms with E-state index in [1.807, 2.05) is 0 Å². The van der Waals surface area contributed by atoms with Gasteiger partial charge in [-0.1, -0.05) is 205 Å². The maximum absolute atomic E-state index is 6.68. The lowest BCUT2D eigenvalue weighted by atomic mass is 9.68. The Morgan fingerprint density at radius 2 is 0.884 bits per heavy atom. The Hall–Kier alpha value is -7.94. The van der Waals surface area contributed by atoms with Crippen LogP contribution in [0.5, 0.6) is 0 Å². The molecule has 2 nitrogen and oxygen atoms in total. The molecule has 0 radical (unpaired) electrons. The van der Waals surface area contributed by atoms with Crippen molar-refractivity contribution in [3.8, 4) is 44.5 Å². The van der Waals surface area contributed by atoms with Crippen molar-refractivity contribution in [2.75, 3.05) is 4.90 Å². The third-order valence-corrected chi connectivity index (χ3v) is 15.2. The lowest BCUT2D eigenvalue weighted by Gasteiger charge is -2.34. The van der Waals surface area contributed by atoms with Gasteiger partial charge in [0.05, 0.1) is 11.1 Å². The van der Waals surface area contributed by atoms with Crippen LogP contribution < -0.4 is 4.90 Å². The predicted octanol–water partition coefficient (Wildman–Crippen LogP) is 18.5. The largest absolute Gasteiger partial charge is 0.456 e. The molecular formula is C67H53NO. The van der Waals surface area contributed by atoms with Gasteiger partial charge >= 0.3 is 0 Å². The van der Waals surface area contributed by atoms with Crippen LogP contribution in [0.4, 0.5) is 17.1 Å². The van der Waals surface area contributed by atoms with Crippen LogP contribution in [0, 0.1) is 0 Å². The molecule has 0 amide bonds. The number of para-hydroxylation sites is 1. The summed E-state index contributed by atoms with van der Waals surface area (Å²) in [5.74, 6) is 0. The number of hydrogen-bond donors (Lipinski definition) is 0. The SMILES string of the molecule is CC(C)(C)c1ccc2c(c1)C1(c3ccccc3-c3ccc(N(c4ccc(-c5ccccc5)cc4)c4ccccc4-c4cccc5oc6cc7ccccc7cc6c45)cc31)c1cc(C(C)(C)C)ccc1-2. The molecule has 11 aromatic rings. The van der Waals surface area contributed by atoms with Crippen LogP contribution in [0.1, 0.15) is 74.9 Å². The number of benzene rings is 10. The Labute approximate surface area is 405 Å². The van der Waals surface area contributed by atoms with Crippen molar-refractivity contribution in [1.82, 2.24) is 0 Å². The van der Waals surface area contributed by atoms with E-state index in [1.54, 1.807) is 0 Å². The molecule has 10 aromatic carbocycles. The molecule has 2 aliphatic rings. The van der Waals surface area contributed by atoms with Crippen LogP contribution in [-0.2, 0) is 16.2 Å². The van der Waals surface area contributed by atoms with Crippen molar-refractivity contribution < 1.29 is 4.42 Å². The summed E-state index contributed by atoms with van der Waals surface area (Å²) in [6, 6.07) is 79.4. The van der Waals surface area contributed by atoms with Gasteiger partial charge in [0.15, 0.2) is 0 Å². The molecule has 0 unspecified atom stereocenters. The van der Waals surface area contributed by atoms with Gasteiger partial charge in [-0.15, -0.1) is 0 Å². The number of anilines is 3. The second kappa shape index (κ2) is 15.0. The summed E-state index contributed by atoms with van der Waals surface area (Å²) in [6.07, 6.45) is 0. The lowest BCUT2D eigenvalue weighted by Crippen LogP contribution is -2.27. The summed E-state index contributed by atoms with van der Waals surface area (Å²) < 4.78 is 6.68. The Bertz CT molecular complexity index is 3790. The van der Waals surface area contributed by atoms with Gasteiger partial charge in [0.25, 0.3) is 0 Å². The highest BCUT2D eigenvalue weighted by Crippen LogP contribution is 2.64. The van der Waals surface area contributed by atoms with Crippen LogP contribution in [0.25, 0.3) is 77.2 Å². The molecule has 0 atom stereocenters. The Balaban J connectivity index is 1.09. The van der Waals surface area contributed by atoms with E-state index in [2.05, 4.69) is 259 Å². The smallest absolute Gasteiger partial charge is 0.136 e. The number of nitrogens with zero attached hydrogens (tertiary/aromatic N) is 1. The second-order valence-electron chi connectivity index (χ2n) is 21.3. The van der Waals surface area contributed by atoms with Gasteiger partial charge in [0.1, 0.15) is 11.2 Å². The van der Waals surface area contributed by atoms with Gasteiger partial charge in [-0.05, 0) is 142 Å². The summed E-state index contributed by atoms with van der Waals surface area (Å²) >= 11 is 0. The molecule has 13 rings (SSSR count). The van der Waals surface area contributed by atoms with Crippen molar-refractivity contribution in [3.63, 3.8) is 0 Å². The molecule has 0 saturated carbocycles. The van der Waals surface area contributed by atoms with Crippen molar-refractivity contribution >= 4 is 49.8 Å². The molecule has 2 aliphatic carbocycles. The lowest BCUT2D eigenvalue weighted by molar-refractivity contribution is 0.586. The Kier molecular flexibility index (Phi) is 8.99. The van der Waals surface area contributed by atoms with Crippen LogP contribution in [-0.4, -0.2) is 0 Å². The predicted molar refractivity (Wildman–Crippen MR) is 290 cm³/mol. The van der Waals surface area contributed by atoms with Gasteiger partial charge in [-0.2, -0.15) is 0 Å². The van der Waals surface area contributed by atoms with E-state index in [-0.39, 0.29) is 10.8 Å². The fourth-order valence-corrected chi connectivity index (χ4v) is 11.7. The molecule has 0 N–H and O–H groups in total. The normalized spacial score (nSPS) is 13.5. The Morgan fingerprint density at radius 3 is 1.57 bits per heavy atom. The van der Waals surface area contributed by atoms with Gasteiger partial charge < -0.3 is 9.32 Å². The first-order valence-electron chi connectivity index (χ1n) is 24.4. The number of fused-ring (bicyclic) bond motifs is 14. The number of hydrogen-bond acceptors (Lipinski definition) is 2. The zero-order valence-electron chi connectivity index (χ0n) is 40.1. The maximum Gasteiger partial charge on any atom is 0.136 e. The molecule has 0 fully saturated rings. The zero-order chi connectivity index (χ0) is 46.8. The monoisotopic (exact) mass is 887 g/mol. The quantitative estimate of drug-likeness (QED) is 0.171. The van der Waals surface area contributed by atoms with Gasteiger partial charge in [0, 0.05) is 27.7 Å². The first kappa shape index (κ1) is 41.3. The molecule has 332 valence electrons. The average Bonchev–Trinajstić information content (AvgIpc) is 3.99. The van der Waals surface area contributed by atoms with Crippen molar-refractivity contribution in [3.05, 3.63) is 246 Å². The zero-order valence-corrected chi connectivity index (χ0v) is 40.1. The van der Waals surface area contributed by atoms with Crippen molar-refractivity contribution in [2.24, 2.45) is 0 Å². The van der Waals surface area contributed by atoms with E-state index >= 15 is 0 Å². The van der Waals surface area contributed by atoms with E-state index in [4.69, 9.17) is 4.42 Å². The molecular weight excluding hydrogens is 835 g/mol. The number of rotatable bonds is 5. The first-order valence-corrected chi connectivity index (χ1v) is 24.4. The minimum Gasteiger partial charge on any atom is -0.456 e. The topological polar surface area (TPSA) is 16.4 Å². The molecule has 0 saturated heterocycles. The minimum absolute atomic E-state index is 0.0347. The van der Waals surface area contributed by atoms with Gasteiger partial charge in [-0.3, -0.25) is 0 Å². The fourth-order valence-electron chi connectivity index (χ4n) is 11.7. The second-order valence-corrected chi connectivity index (χ2v) is 21.3. The molecule has 0 bridgehead atoms. The van der Waals surface area contributed by atoms with Crippen LogP contribution >= 0.6 is 0 Å². The van der Waals surface area contributed by atoms with Gasteiger partial charge in [0.2, 0.25) is 0 Å². The van der Waals surface area contributed by atoms with E-state index in [0.29, 0.717) is 0 Å². The first-order chi connectivity index (χ1) is 33.5. The molecule has 2 heteroatoms. The standard InChI is InChI=1S/C67H53NO/c1-65(2,3)46-29-34-51-52-35-30-47(66(4,5)6)40-59(52)67(58(51)39-46)57-24-14-12-21-50(57)53-36-33-49(41-60(53)67)68(48-31-27-43(28-32-48)42-17-8-7-9-18-42)61-25-15-13-22-54(61)55-23-16-26-62-64(55)56-37-44-19-10-11-20-45(44)38-63(56)69-62/h7-41H,1-6H3. The maximum atomic E-state index is 6.68. The van der Waals surface area contributed by atoms with Gasteiger partial charge in [-0.25, -0.2) is 0 Å². The highest BCUT2D eigenvalue weighted by molar-refractivity contribution is 6.16. The van der Waals surface area contributed by atoms with Crippen LogP contribution in [0.3, 0.4) is 0 Å². The summed E-state index contributed by atoms with van der Waals surface area (Å²) in [6.45, 7) is 14.0. The highest BCUT2D eigenvalue weighted by atomic mass is 16.3. The van der Waals surface area contributed by atoms with Crippen molar-refractivity contribution in [2.45, 2.75) is 57.8 Å². The highest BCUT2D eigenvalue weighted by Gasteiger charge is 2.52. The molecule has 0 aliphatic heterocycles. The third-order valence-electron chi connectivity index (χ3n) is 15.2. The summed E-state index contributed by atoms with van der Waals surface area (Å²) in [5, 5.41) is 4.61. The molecule has 1 heterocycles. The molecule has 1 aromatic heterocycles.